The summed E-state index contributed by atoms with van der Waals surface area (Å²) in [6.07, 6.45) is 0.722. The minimum absolute atomic E-state index is 0.00956. The molecule has 1 fully saturated rings. The summed E-state index contributed by atoms with van der Waals surface area (Å²) in [7, 11) is 0. The molecular formula is C20H20FN3O. The number of hydrogen-bond donors (Lipinski definition) is 1. The maximum atomic E-state index is 13.8. The van der Waals surface area contributed by atoms with Crippen molar-refractivity contribution in [3.05, 3.63) is 65.7 Å². The Kier molecular flexibility index (Phi) is 3.99. The monoisotopic (exact) mass is 337 g/mol. The van der Waals surface area contributed by atoms with Crippen LogP contribution in [-0.4, -0.2) is 22.0 Å². The number of nitrogens with one attached hydrogen (secondary N) is 1. The number of carbonyl (C=O) groups is 1. The molecule has 0 spiro atoms. The molecule has 1 N–H and O–H groups in total. The highest BCUT2D eigenvalue weighted by Crippen LogP contribution is 2.48. The second kappa shape index (κ2) is 6.31. The molecule has 1 aromatic heterocycles. The van der Waals surface area contributed by atoms with Gasteiger partial charge < -0.3 is 9.88 Å². The van der Waals surface area contributed by atoms with Crippen molar-refractivity contribution in [2.45, 2.75) is 25.8 Å². The first-order valence-corrected chi connectivity index (χ1v) is 8.59. The van der Waals surface area contributed by atoms with Gasteiger partial charge in [-0.05, 0) is 43.0 Å². The van der Waals surface area contributed by atoms with Crippen LogP contribution in [0.5, 0.6) is 0 Å². The summed E-state index contributed by atoms with van der Waals surface area (Å²) >= 11 is 0. The lowest BCUT2D eigenvalue weighted by atomic mass is 10.1. The van der Waals surface area contributed by atoms with E-state index in [2.05, 4.69) is 14.9 Å². The fraction of sp³-hybridized carbons (Fsp3) is 0.300. The number of hydrogen-bond acceptors (Lipinski definition) is 2. The SMILES string of the molecule is Cc1nc2ccccc2n1CCNC(=O)C1CC1c1ccccc1F. The van der Waals surface area contributed by atoms with Crippen LogP contribution in [0.15, 0.2) is 48.5 Å². The number of carbonyl (C=O) groups excluding carboxylic acids is 1. The molecule has 0 bridgehead atoms. The summed E-state index contributed by atoms with van der Waals surface area (Å²) in [6, 6.07) is 14.7. The lowest BCUT2D eigenvalue weighted by molar-refractivity contribution is -0.122. The average molecular weight is 337 g/mol. The van der Waals surface area contributed by atoms with Crippen molar-refractivity contribution in [2.24, 2.45) is 5.92 Å². The molecule has 5 heteroatoms. The van der Waals surface area contributed by atoms with Crippen molar-refractivity contribution in [3.8, 4) is 0 Å². The molecule has 25 heavy (non-hydrogen) atoms. The van der Waals surface area contributed by atoms with Gasteiger partial charge in [0.1, 0.15) is 11.6 Å². The number of benzene rings is 2. The molecular weight excluding hydrogens is 317 g/mol. The number of fused-ring (bicyclic) bond motifs is 1. The van der Waals surface area contributed by atoms with E-state index in [0.29, 0.717) is 18.7 Å². The Bertz CT molecular complexity index is 934. The van der Waals surface area contributed by atoms with E-state index in [1.807, 2.05) is 37.3 Å². The zero-order valence-electron chi connectivity index (χ0n) is 14.1. The van der Waals surface area contributed by atoms with E-state index in [4.69, 9.17) is 0 Å². The maximum Gasteiger partial charge on any atom is 0.223 e. The second-order valence-electron chi connectivity index (χ2n) is 6.56. The van der Waals surface area contributed by atoms with Crippen LogP contribution in [0.25, 0.3) is 11.0 Å². The highest BCUT2D eigenvalue weighted by molar-refractivity contribution is 5.83. The molecule has 1 aliphatic rings. The molecule has 1 aliphatic carbocycles. The maximum absolute atomic E-state index is 13.8. The van der Waals surface area contributed by atoms with E-state index < -0.39 is 0 Å². The molecule has 2 atom stereocenters. The summed E-state index contributed by atoms with van der Waals surface area (Å²) in [4.78, 5) is 16.8. The lowest BCUT2D eigenvalue weighted by Gasteiger charge is -2.09. The Labute approximate surface area is 145 Å². The van der Waals surface area contributed by atoms with Crippen LogP contribution < -0.4 is 5.32 Å². The molecule has 0 radical (unpaired) electrons. The number of para-hydroxylation sites is 2. The van der Waals surface area contributed by atoms with Crippen LogP contribution in [0.1, 0.15) is 23.7 Å². The van der Waals surface area contributed by atoms with E-state index in [9.17, 15) is 9.18 Å². The van der Waals surface area contributed by atoms with Crippen molar-refractivity contribution >= 4 is 16.9 Å². The first-order chi connectivity index (χ1) is 12.1. The number of amides is 1. The van der Waals surface area contributed by atoms with Crippen LogP contribution in [0.4, 0.5) is 4.39 Å². The Morgan fingerprint density at radius 1 is 1.24 bits per heavy atom. The summed E-state index contributed by atoms with van der Waals surface area (Å²) < 4.78 is 15.9. The Morgan fingerprint density at radius 2 is 2.00 bits per heavy atom. The molecule has 4 rings (SSSR count). The first-order valence-electron chi connectivity index (χ1n) is 8.59. The van der Waals surface area contributed by atoms with E-state index >= 15 is 0 Å². The molecule has 128 valence electrons. The summed E-state index contributed by atoms with van der Waals surface area (Å²) in [5.74, 6) is 0.624. The van der Waals surface area contributed by atoms with Crippen LogP contribution >= 0.6 is 0 Å². The Hall–Kier alpha value is -2.69. The van der Waals surface area contributed by atoms with E-state index in [0.717, 1.165) is 23.3 Å². The Morgan fingerprint density at radius 3 is 2.84 bits per heavy atom. The zero-order valence-corrected chi connectivity index (χ0v) is 14.1. The van der Waals surface area contributed by atoms with E-state index in [-0.39, 0.29) is 23.6 Å². The highest BCUT2D eigenvalue weighted by Gasteiger charge is 2.44. The van der Waals surface area contributed by atoms with Gasteiger partial charge >= 0.3 is 0 Å². The van der Waals surface area contributed by atoms with Gasteiger partial charge in [0.2, 0.25) is 5.91 Å². The quantitative estimate of drug-likeness (QED) is 0.776. The first kappa shape index (κ1) is 15.8. The number of aromatic nitrogens is 2. The van der Waals surface area contributed by atoms with Crippen LogP contribution in [-0.2, 0) is 11.3 Å². The van der Waals surface area contributed by atoms with Crippen molar-refractivity contribution in [1.29, 1.82) is 0 Å². The third kappa shape index (κ3) is 3.02. The van der Waals surface area contributed by atoms with Gasteiger partial charge in [0.05, 0.1) is 11.0 Å². The van der Waals surface area contributed by atoms with Crippen LogP contribution in [0.2, 0.25) is 0 Å². The summed E-state index contributed by atoms with van der Waals surface area (Å²) in [6.45, 7) is 3.19. The summed E-state index contributed by atoms with van der Waals surface area (Å²) in [5.41, 5.74) is 2.69. The van der Waals surface area contributed by atoms with Gasteiger partial charge in [-0.25, -0.2) is 9.37 Å². The molecule has 2 aromatic carbocycles. The van der Waals surface area contributed by atoms with Crippen molar-refractivity contribution in [3.63, 3.8) is 0 Å². The van der Waals surface area contributed by atoms with Gasteiger partial charge in [0, 0.05) is 19.0 Å². The largest absolute Gasteiger partial charge is 0.354 e. The third-order valence-electron chi connectivity index (χ3n) is 4.91. The summed E-state index contributed by atoms with van der Waals surface area (Å²) in [5, 5.41) is 2.98. The standard InChI is InChI=1S/C20H20FN3O/c1-13-23-18-8-4-5-9-19(18)24(13)11-10-22-20(25)16-12-15(16)14-6-2-3-7-17(14)21/h2-9,15-16H,10-12H2,1H3,(H,22,25). The van der Waals surface area contributed by atoms with Crippen molar-refractivity contribution in [1.82, 2.24) is 14.9 Å². The number of aryl methyl sites for hydroxylation is 1. The van der Waals surface area contributed by atoms with E-state index in [1.165, 1.54) is 6.07 Å². The normalized spacial score (nSPS) is 19.1. The average Bonchev–Trinajstić information content (AvgIpc) is 3.34. The molecule has 3 aromatic rings. The lowest BCUT2D eigenvalue weighted by Crippen LogP contribution is -2.29. The highest BCUT2D eigenvalue weighted by atomic mass is 19.1. The van der Waals surface area contributed by atoms with Gasteiger partial charge in [0.15, 0.2) is 0 Å². The van der Waals surface area contributed by atoms with Gasteiger partial charge in [-0.15, -0.1) is 0 Å². The minimum Gasteiger partial charge on any atom is -0.354 e. The molecule has 1 saturated carbocycles. The number of rotatable bonds is 5. The van der Waals surface area contributed by atoms with Crippen molar-refractivity contribution < 1.29 is 9.18 Å². The molecule has 2 unspecified atom stereocenters. The molecule has 1 amide bonds. The van der Waals surface area contributed by atoms with Crippen molar-refractivity contribution in [2.75, 3.05) is 6.54 Å². The minimum atomic E-state index is -0.219. The Balaban J connectivity index is 1.36. The van der Waals surface area contributed by atoms with Crippen LogP contribution in [0, 0.1) is 18.7 Å². The molecule has 0 aliphatic heterocycles. The second-order valence-corrected chi connectivity index (χ2v) is 6.56. The van der Waals surface area contributed by atoms with Gasteiger partial charge in [0.25, 0.3) is 0 Å². The fourth-order valence-electron chi connectivity index (χ4n) is 3.50. The van der Waals surface area contributed by atoms with E-state index in [1.54, 1.807) is 12.1 Å². The fourth-order valence-corrected chi connectivity index (χ4v) is 3.50. The number of halogens is 1. The third-order valence-corrected chi connectivity index (χ3v) is 4.91. The number of nitrogens with zero attached hydrogens (tertiary/aromatic N) is 2. The van der Waals surface area contributed by atoms with Gasteiger partial charge in [-0.2, -0.15) is 0 Å². The predicted octanol–water partition coefficient (Wildman–Crippen LogP) is 3.40. The predicted molar refractivity (Wildman–Crippen MR) is 94.7 cm³/mol. The smallest absolute Gasteiger partial charge is 0.223 e. The molecule has 4 nitrogen and oxygen atoms in total. The zero-order chi connectivity index (χ0) is 17.4. The van der Waals surface area contributed by atoms with Crippen LogP contribution in [0.3, 0.4) is 0 Å². The van der Waals surface area contributed by atoms with Gasteiger partial charge in [-0.1, -0.05) is 30.3 Å². The topological polar surface area (TPSA) is 46.9 Å². The molecule has 0 saturated heterocycles. The van der Waals surface area contributed by atoms with Gasteiger partial charge in [-0.3, -0.25) is 4.79 Å². The number of imidazole rings is 1. The molecule has 1 heterocycles.